The number of carboxylic acids is 1. The summed E-state index contributed by atoms with van der Waals surface area (Å²) in [5.74, 6) is -0.821. The number of nitrogens with zero attached hydrogens (tertiary/aromatic N) is 1. The maximum Gasteiger partial charge on any atom is 0.344 e. The molecular formula is C33H37ClN2O4. The molecule has 0 aliphatic carbocycles. The Labute approximate surface area is 240 Å². The number of carbonyl (C=O) groups is 2. The number of amides is 1. The van der Waals surface area contributed by atoms with Gasteiger partial charge in [-0.25, -0.2) is 4.79 Å². The maximum absolute atomic E-state index is 13.2. The largest absolute Gasteiger partial charge is 0.479 e. The van der Waals surface area contributed by atoms with Crippen LogP contribution in [0.2, 0.25) is 5.02 Å². The number of hydrogen-bond donors (Lipinski definition) is 2. The average molecular weight is 561 g/mol. The van der Waals surface area contributed by atoms with Crippen LogP contribution in [0.3, 0.4) is 0 Å². The first-order valence-electron chi connectivity index (χ1n) is 13.7. The Kier molecular flexibility index (Phi) is 9.21. The van der Waals surface area contributed by atoms with E-state index in [1.54, 1.807) is 12.1 Å². The van der Waals surface area contributed by atoms with Crippen LogP contribution in [-0.4, -0.2) is 27.7 Å². The fourth-order valence-corrected chi connectivity index (χ4v) is 5.12. The van der Waals surface area contributed by atoms with Crippen molar-refractivity contribution < 1.29 is 19.4 Å². The number of halogens is 1. The van der Waals surface area contributed by atoms with Gasteiger partial charge < -0.3 is 19.7 Å². The van der Waals surface area contributed by atoms with Crippen LogP contribution in [0.25, 0.3) is 10.9 Å². The molecule has 1 amide bonds. The van der Waals surface area contributed by atoms with Crippen molar-refractivity contribution in [2.24, 2.45) is 7.05 Å². The summed E-state index contributed by atoms with van der Waals surface area (Å²) in [6.45, 7) is 7.73. The van der Waals surface area contributed by atoms with Crippen molar-refractivity contribution in [3.8, 4) is 5.75 Å². The Bertz CT molecular complexity index is 1540. The van der Waals surface area contributed by atoms with Crippen LogP contribution in [0.5, 0.6) is 5.75 Å². The minimum atomic E-state index is -1.05. The van der Waals surface area contributed by atoms with Gasteiger partial charge in [0.25, 0.3) is 5.91 Å². The average Bonchev–Trinajstić information content (AvgIpc) is 3.17. The number of unbranched alkanes of at least 4 members (excludes halogenated alkanes) is 1. The number of fused-ring (bicyclic) bond motifs is 1. The second-order valence-corrected chi connectivity index (χ2v) is 10.8. The van der Waals surface area contributed by atoms with E-state index in [-0.39, 0.29) is 11.9 Å². The molecule has 6 nitrogen and oxygen atoms in total. The fraction of sp³-hybridized carbons (Fsp3) is 0.333. The third kappa shape index (κ3) is 6.50. The highest BCUT2D eigenvalue weighted by molar-refractivity contribution is 6.32. The molecule has 1 aromatic heterocycles. The summed E-state index contributed by atoms with van der Waals surface area (Å²) in [5.41, 5.74) is 7.14. The van der Waals surface area contributed by atoms with Crippen LogP contribution >= 0.6 is 11.6 Å². The summed E-state index contributed by atoms with van der Waals surface area (Å²) in [6.07, 6.45) is 2.95. The fourth-order valence-electron chi connectivity index (χ4n) is 4.96. The molecule has 0 saturated carbocycles. The maximum atomic E-state index is 13.2. The van der Waals surface area contributed by atoms with E-state index in [0.29, 0.717) is 22.8 Å². The number of aromatic nitrogens is 1. The first-order chi connectivity index (χ1) is 19.1. The lowest BCUT2D eigenvalue weighted by atomic mass is 10.00. The van der Waals surface area contributed by atoms with Crippen LogP contribution in [0.4, 0.5) is 0 Å². The molecule has 210 valence electrons. The van der Waals surface area contributed by atoms with E-state index in [1.165, 1.54) is 12.5 Å². The Morgan fingerprint density at radius 3 is 2.55 bits per heavy atom. The second kappa shape index (κ2) is 12.6. The molecule has 1 heterocycles. The lowest BCUT2D eigenvalue weighted by Crippen LogP contribution is -2.26. The van der Waals surface area contributed by atoms with E-state index >= 15 is 0 Å². The van der Waals surface area contributed by atoms with Crippen molar-refractivity contribution in [3.63, 3.8) is 0 Å². The Morgan fingerprint density at radius 1 is 1.05 bits per heavy atom. The van der Waals surface area contributed by atoms with Crippen molar-refractivity contribution in [1.82, 2.24) is 9.88 Å². The lowest BCUT2D eigenvalue weighted by molar-refractivity contribution is -0.144. The SMILES string of the molecule is CCCCc1cccc([C@H](C)NC(=O)c2ccc3c(Cc4ccc(Cl)c(OC(C)C(=O)O)c4)c(C)n(C)c3c2)c1. The first-order valence-corrected chi connectivity index (χ1v) is 14.1. The van der Waals surface area contributed by atoms with Gasteiger partial charge >= 0.3 is 5.97 Å². The third-order valence-electron chi connectivity index (χ3n) is 7.53. The van der Waals surface area contributed by atoms with Crippen molar-refractivity contribution in [3.05, 3.63) is 99.2 Å². The number of benzene rings is 3. The number of nitrogens with one attached hydrogen (secondary N) is 1. The van der Waals surface area contributed by atoms with Gasteiger partial charge in [-0.05, 0) is 86.6 Å². The van der Waals surface area contributed by atoms with Crippen LogP contribution in [0.1, 0.15) is 78.0 Å². The number of carboxylic acid groups (broad SMARTS) is 1. The lowest BCUT2D eigenvalue weighted by Gasteiger charge is -2.16. The third-order valence-corrected chi connectivity index (χ3v) is 7.84. The van der Waals surface area contributed by atoms with Gasteiger partial charge in [-0.3, -0.25) is 4.79 Å². The van der Waals surface area contributed by atoms with E-state index in [9.17, 15) is 14.7 Å². The van der Waals surface area contributed by atoms with E-state index in [0.717, 1.165) is 52.5 Å². The molecule has 2 N–H and O–H groups in total. The zero-order chi connectivity index (χ0) is 29.0. The number of carbonyl (C=O) groups excluding carboxylic acids is 1. The first kappa shape index (κ1) is 29.2. The molecule has 0 spiro atoms. The summed E-state index contributed by atoms with van der Waals surface area (Å²) < 4.78 is 7.66. The van der Waals surface area contributed by atoms with Gasteiger partial charge in [0.1, 0.15) is 5.75 Å². The predicted molar refractivity (Wildman–Crippen MR) is 161 cm³/mol. The number of aryl methyl sites for hydroxylation is 2. The molecule has 4 aromatic rings. The molecule has 40 heavy (non-hydrogen) atoms. The number of hydrogen-bond acceptors (Lipinski definition) is 3. The molecule has 0 saturated heterocycles. The summed E-state index contributed by atoms with van der Waals surface area (Å²) >= 11 is 6.27. The van der Waals surface area contributed by atoms with E-state index in [2.05, 4.69) is 48.0 Å². The van der Waals surface area contributed by atoms with Gasteiger partial charge in [-0.1, -0.05) is 61.3 Å². The highest BCUT2D eigenvalue weighted by Crippen LogP contribution is 2.32. The van der Waals surface area contributed by atoms with Crippen LogP contribution in [0, 0.1) is 6.92 Å². The normalized spacial score (nSPS) is 12.8. The van der Waals surface area contributed by atoms with Crippen molar-refractivity contribution >= 4 is 34.4 Å². The minimum absolute atomic E-state index is 0.110. The molecule has 0 aliphatic rings. The molecule has 2 atom stereocenters. The monoisotopic (exact) mass is 560 g/mol. The van der Waals surface area contributed by atoms with Gasteiger partial charge in [0, 0.05) is 29.2 Å². The van der Waals surface area contributed by atoms with Gasteiger partial charge in [-0.15, -0.1) is 0 Å². The quantitative estimate of drug-likeness (QED) is 0.200. The standard InChI is InChI=1S/C33H37ClN2O4/c1-6-7-9-23-10-8-11-25(16-23)20(2)35-32(37)26-13-14-27-28(21(3)36(5)30(27)19-26)17-24-12-15-29(34)31(18-24)40-22(4)33(38)39/h8,10-16,18-20,22H,6-7,9,17H2,1-5H3,(H,35,37)(H,38,39)/t20-,22?/m0/s1. The van der Waals surface area contributed by atoms with Crippen LogP contribution in [0.15, 0.2) is 60.7 Å². The highest BCUT2D eigenvalue weighted by atomic mass is 35.5. The second-order valence-electron chi connectivity index (χ2n) is 10.4. The summed E-state index contributed by atoms with van der Waals surface area (Å²) in [6, 6.07) is 19.6. The molecule has 4 rings (SSSR count). The van der Waals surface area contributed by atoms with E-state index in [1.807, 2.05) is 38.2 Å². The molecule has 0 bridgehead atoms. The minimum Gasteiger partial charge on any atom is -0.479 e. The van der Waals surface area contributed by atoms with Crippen LogP contribution in [-0.2, 0) is 24.7 Å². The van der Waals surface area contributed by atoms with Crippen molar-refractivity contribution in [2.45, 2.75) is 65.5 Å². The molecule has 1 unspecified atom stereocenters. The number of rotatable bonds is 11. The summed E-state index contributed by atoms with van der Waals surface area (Å²) in [5, 5.41) is 13.8. The molecule has 7 heteroatoms. The van der Waals surface area contributed by atoms with E-state index in [4.69, 9.17) is 16.3 Å². The molecule has 0 fully saturated rings. The topological polar surface area (TPSA) is 80.6 Å². The van der Waals surface area contributed by atoms with Crippen molar-refractivity contribution in [1.29, 1.82) is 0 Å². The zero-order valence-electron chi connectivity index (χ0n) is 23.8. The van der Waals surface area contributed by atoms with Gasteiger partial charge in [0.15, 0.2) is 6.10 Å². The molecule has 0 aliphatic heterocycles. The highest BCUT2D eigenvalue weighted by Gasteiger charge is 2.19. The van der Waals surface area contributed by atoms with E-state index < -0.39 is 12.1 Å². The smallest absolute Gasteiger partial charge is 0.344 e. The molecule has 0 radical (unpaired) electrons. The van der Waals surface area contributed by atoms with Crippen LogP contribution < -0.4 is 10.1 Å². The number of aliphatic carboxylic acids is 1. The Morgan fingerprint density at radius 2 is 1.82 bits per heavy atom. The van der Waals surface area contributed by atoms with Crippen molar-refractivity contribution in [2.75, 3.05) is 0 Å². The Hall–Kier alpha value is -3.77. The number of ether oxygens (including phenoxy) is 1. The van der Waals surface area contributed by atoms with Gasteiger partial charge in [0.2, 0.25) is 0 Å². The summed E-state index contributed by atoms with van der Waals surface area (Å²) in [4.78, 5) is 24.5. The molecule has 3 aromatic carbocycles. The van der Waals surface area contributed by atoms with Gasteiger partial charge in [0.05, 0.1) is 11.1 Å². The Balaban J connectivity index is 1.55. The molecular weight excluding hydrogens is 524 g/mol. The predicted octanol–water partition coefficient (Wildman–Crippen LogP) is 7.42. The summed E-state index contributed by atoms with van der Waals surface area (Å²) in [7, 11) is 2.00. The van der Waals surface area contributed by atoms with Gasteiger partial charge in [-0.2, -0.15) is 0 Å². The zero-order valence-corrected chi connectivity index (χ0v) is 24.5.